The van der Waals surface area contributed by atoms with Crippen LogP contribution in [0.1, 0.15) is 43.0 Å². The number of fused-ring (bicyclic) bond motifs is 6. The van der Waals surface area contributed by atoms with Gasteiger partial charge >= 0.3 is 0 Å². The summed E-state index contributed by atoms with van der Waals surface area (Å²) in [4.78, 5) is 9.98. The Morgan fingerprint density at radius 3 is 1.98 bits per heavy atom. The number of hydrogen-bond acceptors (Lipinski definition) is 3. The predicted molar refractivity (Wildman–Crippen MR) is 228 cm³/mol. The predicted octanol–water partition coefficient (Wildman–Crippen LogP) is 13.3. The second-order valence-electron chi connectivity index (χ2n) is 15.6. The maximum Gasteiger partial charge on any atom is 0.0710 e. The number of aromatic nitrogens is 1. The zero-order valence-electron chi connectivity index (χ0n) is 30.9. The highest BCUT2D eigenvalue weighted by Crippen LogP contribution is 2.52. The number of nitrogens with zero attached hydrogens (tertiary/aromatic N) is 3. The first-order valence-electron chi connectivity index (χ1n) is 18.9. The van der Waals surface area contributed by atoms with Crippen LogP contribution < -0.4 is 9.80 Å². The molecule has 3 nitrogen and oxygen atoms in total. The first-order chi connectivity index (χ1) is 26.4. The van der Waals surface area contributed by atoms with E-state index in [9.17, 15) is 0 Å². The highest BCUT2D eigenvalue weighted by atomic mass is 15.2. The molecule has 0 saturated heterocycles. The zero-order valence-corrected chi connectivity index (χ0v) is 30.9. The minimum absolute atomic E-state index is 0.208. The lowest BCUT2D eigenvalue weighted by Gasteiger charge is -2.43. The second-order valence-corrected chi connectivity index (χ2v) is 15.6. The van der Waals surface area contributed by atoms with E-state index in [0.29, 0.717) is 0 Å². The lowest BCUT2D eigenvalue weighted by Crippen LogP contribution is -2.45. The molecule has 1 heterocycles. The average Bonchev–Trinajstić information content (AvgIpc) is 3.42. The van der Waals surface area contributed by atoms with Crippen LogP contribution in [-0.4, -0.2) is 10.5 Å². The van der Waals surface area contributed by atoms with E-state index < -0.39 is 0 Å². The molecular weight excluding hydrogens is 655 g/mol. The Balaban J connectivity index is 1.07. The van der Waals surface area contributed by atoms with Crippen molar-refractivity contribution in [2.45, 2.75) is 38.1 Å². The molecule has 10 rings (SSSR count). The minimum Gasteiger partial charge on any atom is -0.332 e. The summed E-state index contributed by atoms with van der Waals surface area (Å²) in [7, 11) is 0. The Labute approximate surface area is 317 Å². The van der Waals surface area contributed by atoms with Crippen molar-refractivity contribution in [3.63, 3.8) is 0 Å². The van der Waals surface area contributed by atoms with Gasteiger partial charge in [0.25, 0.3) is 0 Å². The molecule has 0 radical (unpaired) electrons. The maximum absolute atomic E-state index is 5.13. The van der Waals surface area contributed by atoms with E-state index in [0.717, 1.165) is 34.4 Å². The van der Waals surface area contributed by atoms with E-state index in [2.05, 4.69) is 207 Å². The van der Waals surface area contributed by atoms with Crippen molar-refractivity contribution in [2.75, 3.05) is 9.80 Å². The van der Waals surface area contributed by atoms with E-state index in [-0.39, 0.29) is 11.0 Å². The monoisotopic (exact) mass is 695 g/mol. The van der Waals surface area contributed by atoms with E-state index in [4.69, 9.17) is 4.98 Å². The summed E-state index contributed by atoms with van der Waals surface area (Å²) >= 11 is 0. The van der Waals surface area contributed by atoms with Crippen molar-refractivity contribution in [1.82, 2.24) is 4.98 Å². The van der Waals surface area contributed by atoms with Crippen molar-refractivity contribution in [1.29, 1.82) is 0 Å². The molecule has 1 aromatic heterocycles. The summed E-state index contributed by atoms with van der Waals surface area (Å²) in [6, 6.07) is 59.6. The van der Waals surface area contributed by atoms with Crippen LogP contribution in [0.4, 0.5) is 28.4 Å². The highest BCUT2D eigenvalue weighted by Gasteiger charge is 2.39. The largest absolute Gasteiger partial charge is 0.332 e. The molecule has 260 valence electrons. The van der Waals surface area contributed by atoms with Crippen LogP contribution in [0.15, 0.2) is 176 Å². The Hall–Kier alpha value is -6.45. The topological polar surface area (TPSA) is 19.4 Å². The van der Waals surface area contributed by atoms with Gasteiger partial charge in [0.2, 0.25) is 0 Å². The van der Waals surface area contributed by atoms with Crippen LogP contribution in [0.5, 0.6) is 0 Å². The molecule has 54 heavy (non-hydrogen) atoms. The van der Waals surface area contributed by atoms with Crippen molar-refractivity contribution in [3.05, 3.63) is 198 Å². The normalized spacial score (nSPS) is 16.5. The van der Waals surface area contributed by atoms with Gasteiger partial charge in [-0.05, 0) is 124 Å². The van der Waals surface area contributed by atoms with Crippen molar-refractivity contribution >= 4 is 56.2 Å². The summed E-state index contributed by atoms with van der Waals surface area (Å²) in [6.45, 7) is 7.12. The Morgan fingerprint density at radius 1 is 0.500 bits per heavy atom. The van der Waals surface area contributed by atoms with Gasteiger partial charge in [-0.3, -0.25) is 4.98 Å². The number of hydrogen-bond donors (Lipinski definition) is 0. The summed E-state index contributed by atoms with van der Waals surface area (Å²) in [5, 5.41) is 3.58. The SMILES string of the molecule is CC1(C)c2cc(N(c3ccccc3)C3(C)C=Cc4ccccc4C3)ccc2-c2cc3ncc(N(c4ccccc4)c4ccc5ccccc5c4)cc3cc21. The van der Waals surface area contributed by atoms with Gasteiger partial charge in [-0.15, -0.1) is 0 Å². The molecule has 3 heteroatoms. The summed E-state index contributed by atoms with van der Waals surface area (Å²) < 4.78 is 0. The molecule has 0 fully saturated rings. The second kappa shape index (κ2) is 12.3. The van der Waals surface area contributed by atoms with Crippen molar-refractivity contribution in [3.8, 4) is 11.1 Å². The fraction of sp³-hybridized carbons (Fsp3) is 0.118. The molecule has 0 saturated carbocycles. The molecule has 0 bridgehead atoms. The van der Waals surface area contributed by atoms with Gasteiger partial charge in [-0.25, -0.2) is 0 Å². The fourth-order valence-electron chi connectivity index (χ4n) is 8.98. The summed E-state index contributed by atoms with van der Waals surface area (Å²) in [5.74, 6) is 0. The van der Waals surface area contributed by atoms with Gasteiger partial charge in [-0.2, -0.15) is 0 Å². The van der Waals surface area contributed by atoms with Crippen LogP contribution in [0.2, 0.25) is 0 Å². The molecule has 0 spiro atoms. The van der Waals surface area contributed by atoms with Crippen molar-refractivity contribution < 1.29 is 0 Å². The lowest BCUT2D eigenvalue weighted by molar-refractivity contribution is 0.559. The molecule has 2 aliphatic rings. The van der Waals surface area contributed by atoms with E-state index in [1.807, 2.05) is 6.20 Å². The third-order valence-corrected chi connectivity index (χ3v) is 11.7. The molecule has 0 N–H and O–H groups in total. The number of benzene rings is 7. The maximum atomic E-state index is 5.13. The third-order valence-electron chi connectivity index (χ3n) is 11.7. The zero-order chi connectivity index (χ0) is 36.4. The smallest absolute Gasteiger partial charge is 0.0710 e. The molecule has 8 aromatic rings. The average molecular weight is 696 g/mol. The minimum atomic E-state index is -0.246. The molecule has 0 amide bonds. The Bertz CT molecular complexity index is 2750. The van der Waals surface area contributed by atoms with Crippen LogP contribution in [-0.2, 0) is 11.8 Å². The highest BCUT2D eigenvalue weighted by molar-refractivity contribution is 5.95. The van der Waals surface area contributed by atoms with Gasteiger partial charge in [0.1, 0.15) is 0 Å². The van der Waals surface area contributed by atoms with Gasteiger partial charge < -0.3 is 9.80 Å². The van der Waals surface area contributed by atoms with Crippen LogP contribution in [0.25, 0.3) is 38.9 Å². The van der Waals surface area contributed by atoms with E-state index in [1.54, 1.807) is 0 Å². The summed E-state index contributed by atoms with van der Waals surface area (Å²) in [5.41, 5.74) is 14.1. The van der Waals surface area contributed by atoms with Crippen LogP contribution in [0, 0.1) is 0 Å². The Morgan fingerprint density at radius 2 is 1.17 bits per heavy atom. The number of anilines is 5. The first kappa shape index (κ1) is 32.2. The first-order valence-corrected chi connectivity index (χ1v) is 18.9. The van der Waals surface area contributed by atoms with E-state index in [1.165, 1.54) is 55.5 Å². The number of rotatable bonds is 6. The van der Waals surface area contributed by atoms with E-state index >= 15 is 0 Å². The molecule has 0 aliphatic heterocycles. The quantitative estimate of drug-likeness (QED) is 0.173. The van der Waals surface area contributed by atoms with Crippen LogP contribution in [0.3, 0.4) is 0 Å². The molecule has 1 atom stereocenters. The molecule has 2 aliphatic carbocycles. The van der Waals surface area contributed by atoms with Gasteiger partial charge in [-0.1, -0.05) is 123 Å². The van der Waals surface area contributed by atoms with Crippen molar-refractivity contribution in [2.24, 2.45) is 0 Å². The molecule has 7 aromatic carbocycles. The number of pyridine rings is 1. The lowest BCUT2D eigenvalue weighted by atomic mass is 9.80. The standard InChI is InChI=1S/C51H41N3/c1-50(2)47-30-39-29-44(53(40-18-6-4-7-19-40)42-23-22-35-14-10-12-16-37(35)28-42)34-52-49(39)32-46(47)45-25-24-43(31-48(45)50)54(41-20-8-5-9-21-41)51(3)27-26-36-15-11-13-17-38(36)33-51/h4-32,34H,33H2,1-3H3. The van der Waals surface area contributed by atoms with Gasteiger partial charge in [0.15, 0.2) is 0 Å². The molecule has 1 unspecified atom stereocenters. The number of para-hydroxylation sites is 2. The van der Waals surface area contributed by atoms with Crippen LogP contribution >= 0.6 is 0 Å². The van der Waals surface area contributed by atoms with Gasteiger partial charge in [0, 0.05) is 33.6 Å². The summed E-state index contributed by atoms with van der Waals surface area (Å²) in [6.07, 6.45) is 7.64. The van der Waals surface area contributed by atoms with Gasteiger partial charge in [0.05, 0.1) is 22.9 Å². The third kappa shape index (κ3) is 5.22. The molecular formula is C51H41N3. The Kier molecular flexibility index (Phi) is 7.35. The fourth-order valence-corrected chi connectivity index (χ4v) is 8.98.